The predicted molar refractivity (Wildman–Crippen MR) is 129 cm³/mol. The van der Waals surface area contributed by atoms with Crippen molar-refractivity contribution in [2.24, 2.45) is 0 Å². The summed E-state index contributed by atoms with van der Waals surface area (Å²) in [5.74, 6) is 1.25. The molecule has 0 spiro atoms. The molecule has 0 aliphatic carbocycles. The van der Waals surface area contributed by atoms with Crippen LogP contribution in [0.4, 0.5) is 0 Å². The molecule has 0 unspecified atom stereocenters. The van der Waals surface area contributed by atoms with E-state index in [1.54, 1.807) is 0 Å². The summed E-state index contributed by atoms with van der Waals surface area (Å²) < 4.78 is 11.7. The van der Waals surface area contributed by atoms with Crippen LogP contribution in [0.5, 0.6) is 11.5 Å². The maximum Gasteiger partial charge on any atom is 0.180 e. The van der Waals surface area contributed by atoms with Gasteiger partial charge in [0.2, 0.25) is 0 Å². The zero-order valence-corrected chi connectivity index (χ0v) is 20.0. The molecule has 0 aliphatic heterocycles. The van der Waals surface area contributed by atoms with Crippen LogP contribution in [0.15, 0.2) is 36.4 Å². The molecule has 0 amide bonds. The van der Waals surface area contributed by atoms with Crippen molar-refractivity contribution in [1.82, 2.24) is 10.6 Å². The lowest BCUT2D eigenvalue weighted by Gasteiger charge is -2.16. The number of hydrogen-bond acceptors (Lipinski definition) is 5. The van der Waals surface area contributed by atoms with Crippen LogP contribution in [0.3, 0.4) is 0 Å². The highest BCUT2D eigenvalue weighted by molar-refractivity contribution is 6.32. The second-order valence-electron chi connectivity index (χ2n) is 6.62. The smallest absolute Gasteiger partial charge is 0.180 e. The van der Waals surface area contributed by atoms with Gasteiger partial charge in [-0.2, -0.15) is 0 Å². The highest BCUT2D eigenvalue weighted by Crippen LogP contribution is 2.37. The van der Waals surface area contributed by atoms with E-state index in [2.05, 4.69) is 41.8 Å². The predicted octanol–water partition coefficient (Wildman–Crippen LogP) is 4.53. The Balaban J connectivity index is 0.00000420. The van der Waals surface area contributed by atoms with Crippen molar-refractivity contribution >= 4 is 36.4 Å². The largest absolute Gasteiger partial charge is 0.490 e. The highest BCUT2D eigenvalue weighted by atomic mass is 35.5. The zero-order chi connectivity index (χ0) is 20.2. The van der Waals surface area contributed by atoms with Crippen LogP contribution in [0.2, 0.25) is 5.02 Å². The van der Waals surface area contributed by atoms with E-state index < -0.39 is 0 Å². The Kier molecular flexibility index (Phi) is 15.8. The minimum absolute atomic E-state index is 0. The molecule has 2 aromatic carbocycles. The van der Waals surface area contributed by atoms with E-state index in [4.69, 9.17) is 26.2 Å². The molecule has 0 fully saturated rings. The Morgan fingerprint density at radius 2 is 1.63 bits per heavy atom. The van der Waals surface area contributed by atoms with Gasteiger partial charge in [-0.25, -0.2) is 0 Å². The van der Waals surface area contributed by atoms with E-state index in [1.807, 2.05) is 19.1 Å². The van der Waals surface area contributed by atoms with Crippen LogP contribution in [-0.2, 0) is 13.2 Å². The molecule has 3 N–H and O–H groups in total. The van der Waals surface area contributed by atoms with E-state index >= 15 is 0 Å². The average Bonchev–Trinajstić information content (AvgIpc) is 2.68. The number of aliphatic hydroxyl groups is 1. The molecular weight excluding hydrogens is 447 g/mol. The maximum absolute atomic E-state index is 8.74. The molecule has 0 radical (unpaired) electrons. The van der Waals surface area contributed by atoms with Crippen LogP contribution >= 0.6 is 36.4 Å². The summed E-state index contributed by atoms with van der Waals surface area (Å²) in [6.45, 7) is 8.27. The SMILES string of the molecule is CCOc1cc(CNCCCNCCO)cc(Cl)c1OCc1ccc(C)cc1.Cl.Cl. The molecule has 0 aromatic heterocycles. The lowest BCUT2D eigenvalue weighted by Crippen LogP contribution is -2.23. The number of nitrogens with one attached hydrogen (secondary N) is 2. The number of ether oxygens (including phenoxy) is 2. The van der Waals surface area contributed by atoms with Gasteiger partial charge in [-0.3, -0.25) is 0 Å². The normalized spacial score (nSPS) is 10.1. The number of halogens is 3. The topological polar surface area (TPSA) is 62.8 Å². The van der Waals surface area contributed by atoms with E-state index in [-0.39, 0.29) is 31.4 Å². The molecule has 0 saturated carbocycles. The molecule has 0 heterocycles. The van der Waals surface area contributed by atoms with E-state index in [9.17, 15) is 0 Å². The summed E-state index contributed by atoms with van der Waals surface area (Å²) in [5, 5.41) is 15.9. The third kappa shape index (κ3) is 10.2. The standard InChI is InChI=1S/C22H31ClN2O3.2ClH/c1-3-27-21-14-19(15-25-10-4-9-24-11-12-26)13-20(23)22(21)28-16-18-7-5-17(2)6-8-18;;/h5-8,13-14,24-26H,3-4,9-12,15-16H2,1-2H3;2*1H. The molecule has 0 aliphatic rings. The minimum Gasteiger partial charge on any atom is -0.490 e. The second kappa shape index (κ2) is 16.5. The van der Waals surface area contributed by atoms with Gasteiger partial charge in [0.25, 0.3) is 0 Å². The van der Waals surface area contributed by atoms with Gasteiger partial charge in [0.05, 0.1) is 18.2 Å². The van der Waals surface area contributed by atoms with Gasteiger partial charge in [-0.05, 0) is 56.6 Å². The first kappa shape index (κ1) is 28.8. The number of rotatable bonds is 13. The van der Waals surface area contributed by atoms with Crippen molar-refractivity contribution in [1.29, 1.82) is 0 Å². The second-order valence-corrected chi connectivity index (χ2v) is 7.02. The van der Waals surface area contributed by atoms with Crippen molar-refractivity contribution < 1.29 is 14.6 Å². The maximum atomic E-state index is 8.74. The summed E-state index contributed by atoms with van der Waals surface area (Å²) in [7, 11) is 0. The molecule has 8 heteroatoms. The van der Waals surface area contributed by atoms with E-state index in [0.29, 0.717) is 42.8 Å². The van der Waals surface area contributed by atoms with Crippen LogP contribution in [-0.4, -0.2) is 38.0 Å². The van der Waals surface area contributed by atoms with Gasteiger partial charge < -0.3 is 25.2 Å². The summed E-state index contributed by atoms with van der Waals surface area (Å²) >= 11 is 6.49. The molecule has 2 rings (SSSR count). The number of hydrogen-bond donors (Lipinski definition) is 3. The van der Waals surface area contributed by atoms with Gasteiger partial charge in [-0.1, -0.05) is 41.4 Å². The first-order chi connectivity index (χ1) is 13.6. The average molecular weight is 480 g/mol. The van der Waals surface area contributed by atoms with Gasteiger partial charge in [0.15, 0.2) is 11.5 Å². The zero-order valence-electron chi connectivity index (χ0n) is 17.6. The monoisotopic (exact) mass is 478 g/mol. The van der Waals surface area contributed by atoms with Crippen molar-refractivity contribution in [3.8, 4) is 11.5 Å². The van der Waals surface area contributed by atoms with Crippen LogP contribution in [0.25, 0.3) is 0 Å². The third-order valence-electron chi connectivity index (χ3n) is 4.20. The van der Waals surface area contributed by atoms with Crippen LogP contribution < -0.4 is 20.1 Å². The first-order valence-corrected chi connectivity index (χ1v) is 10.2. The van der Waals surface area contributed by atoms with E-state index in [1.165, 1.54) is 5.56 Å². The Hall–Kier alpha value is -1.21. The molecule has 5 nitrogen and oxygen atoms in total. The van der Waals surface area contributed by atoms with Gasteiger partial charge in [0, 0.05) is 13.1 Å². The van der Waals surface area contributed by atoms with E-state index in [0.717, 1.165) is 30.6 Å². The van der Waals surface area contributed by atoms with Crippen molar-refractivity contribution in [2.75, 3.05) is 32.8 Å². The molecule has 0 saturated heterocycles. The quantitative estimate of drug-likeness (QED) is 0.368. The first-order valence-electron chi connectivity index (χ1n) is 9.80. The summed E-state index contributed by atoms with van der Waals surface area (Å²) in [6, 6.07) is 12.1. The Labute approximate surface area is 197 Å². The van der Waals surface area contributed by atoms with Gasteiger partial charge >= 0.3 is 0 Å². The van der Waals surface area contributed by atoms with Crippen molar-refractivity contribution in [3.63, 3.8) is 0 Å². The third-order valence-corrected chi connectivity index (χ3v) is 4.48. The van der Waals surface area contributed by atoms with Crippen LogP contribution in [0.1, 0.15) is 30.0 Å². The molecule has 30 heavy (non-hydrogen) atoms. The fourth-order valence-corrected chi connectivity index (χ4v) is 3.03. The summed E-state index contributed by atoms with van der Waals surface area (Å²) in [4.78, 5) is 0. The molecule has 2 aromatic rings. The summed E-state index contributed by atoms with van der Waals surface area (Å²) in [5.41, 5.74) is 3.36. The molecular formula is C22H33Cl3N2O3. The lowest BCUT2D eigenvalue weighted by atomic mass is 10.1. The Morgan fingerprint density at radius 1 is 0.933 bits per heavy atom. The minimum atomic E-state index is 0. The number of aryl methyl sites for hydroxylation is 1. The molecule has 170 valence electrons. The Bertz CT molecular complexity index is 716. The fourth-order valence-electron chi connectivity index (χ4n) is 2.74. The van der Waals surface area contributed by atoms with Gasteiger partial charge in [0.1, 0.15) is 6.61 Å². The van der Waals surface area contributed by atoms with Crippen molar-refractivity contribution in [3.05, 3.63) is 58.1 Å². The highest BCUT2D eigenvalue weighted by Gasteiger charge is 2.13. The van der Waals surface area contributed by atoms with Crippen LogP contribution in [0, 0.1) is 6.92 Å². The number of benzene rings is 2. The lowest BCUT2D eigenvalue weighted by molar-refractivity contribution is 0.269. The Morgan fingerprint density at radius 3 is 2.30 bits per heavy atom. The molecule has 0 atom stereocenters. The molecule has 0 bridgehead atoms. The number of aliphatic hydroxyl groups excluding tert-OH is 1. The van der Waals surface area contributed by atoms with Crippen molar-refractivity contribution in [2.45, 2.75) is 33.4 Å². The van der Waals surface area contributed by atoms with Gasteiger partial charge in [-0.15, -0.1) is 24.8 Å². The summed E-state index contributed by atoms with van der Waals surface area (Å²) in [6.07, 6.45) is 0.990. The fraction of sp³-hybridized carbons (Fsp3) is 0.455.